The van der Waals surface area contributed by atoms with E-state index in [0.29, 0.717) is 15.2 Å². The number of carbonyl (C=O) groups is 2. The van der Waals surface area contributed by atoms with E-state index in [-0.39, 0.29) is 12.5 Å². The summed E-state index contributed by atoms with van der Waals surface area (Å²) in [7, 11) is 0. The van der Waals surface area contributed by atoms with Crippen molar-refractivity contribution < 1.29 is 19.1 Å². The van der Waals surface area contributed by atoms with Gasteiger partial charge >= 0.3 is 5.97 Å². The summed E-state index contributed by atoms with van der Waals surface area (Å²) < 4.78 is 10.8. The number of nitriles is 1. The molecule has 1 aliphatic carbocycles. The molecular weight excluding hydrogens is 400 g/mol. The monoisotopic (exact) mass is 414 g/mol. The first-order valence-electron chi connectivity index (χ1n) is 7.30. The Kier molecular flexibility index (Phi) is 6.08. The van der Waals surface area contributed by atoms with E-state index in [4.69, 9.17) is 21.1 Å². The summed E-state index contributed by atoms with van der Waals surface area (Å²) in [5.41, 5.74) is -0.909. The minimum Gasteiger partial charge on any atom is -0.481 e. The molecular formula is C16H16BrClN2O4. The van der Waals surface area contributed by atoms with Gasteiger partial charge in [0.2, 0.25) is 0 Å². The third kappa shape index (κ3) is 5.11. The molecule has 0 saturated heterocycles. The average Bonchev–Trinajstić information content (AvgIpc) is 3.37. The molecule has 0 aromatic heterocycles. The Hall–Kier alpha value is -1.78. The first kappa shape index (κ1) is 18.6. The Labute approximate surface area is 153 Å². The van der Waals surface area contributed by atoms with Gasteiger partial charge in [0.15, 0.2) is 13.2 Å². The fraction of sp³-hybridized carbons (Fsp3) is 0.438. The maximum absolute atomic E-state index is 11.8. The van der Waals surface area contributed by atoms with Gasteiger partial charge in [-0.1, -0.05) is 11.6 Å². The van der Waals surface area contributed by atoms with Crippen molar-refractivity contribution in [3.8, 4) is 11.8 Å². The molecule has 8 heteroatoms. The predicted octanol–water partition coefficient (Wildman–Crippen LogP) is 2.83. The van der Waals surface area contributed by atoms with Gasteiger partial charge in [-0.3, -0.25) is 4.79 Å². The minimum absolute atomic E-state index is 0.160. The van der Waals surface area contributed by atoms with Crippen LogP contribution in [0.25, 0.3) is 0 Å². The van der Waals surface area contributed by atoms with Crippen LogP contribution in [0.2, 0.25) is 5.02 Å². The van der Waals surface area contributed by atoms with Crippen molar-refractivity contribution in [2.45, 2.75) is 25.3 Å². The molecule has 1 amide bonds. The van der Waals surface area contributed by atoms with E-state index in [1.165, 1.54) is 0 Å². The molecule has 1 aromatic rings. The summed E-state index contributed by atoms with van der Waals surface area (Å²) in [5, 5.41) is 12.3. The van der Waals surface area contributed by atoms with Gasteiger partial charge in [0.05, 0.1) is 10.5 Å². The van der Waals surface area contributed by atoms with E-state index in [1.54, 1.807) is 25.1 Å². The number of nitrogens with zero attached hydrogens (tertiary/aromatic N) is 1. The van der Waals surface area contributed by atoms with Crippen molar-refractivity contribution in [2.24, 2.45) is 5.92 Å². The van der Waals surface area contributed by atoms with Crippen LogP contribution in [0.4, 0.5) is 0 Å². The smallest absolute Gasteiger partial charge is 0.344 e. The molecule has 1 saturated carbocycles. The maximum atomic E-state index is 11.8. The van der Waals surface area contributed by atoms with Crippen molar-refractivity contribution in [2.75, 3.05) is 13.2 Å². The Morgan fingerprint density at radius 2 is 2.17 bits per heavy atom. The van der Waals surface area contributed by atoms with Crippen LogP contribution >= 0.6 is 27.5 Å². The lowest BCUT2D eigenvalue weighted by Crippen LogP contribution is -2.48. The van der Waals surface area contributed by atoms with Gasteiger partial charge in [0.1, 0.15) is 11.3 Å². The molecule has 0 bridgehead atoms. The summed E-state index contributed by atoms with van der Waals surface area (Å²) in [5.74, 6) is -0.594. The Morgan fingerprint density at radius 3 is 2.75 bits per heavy atom. The number of ether oxygens (including phenoxy) is 2. The first-order chi connectivity index (χ1) is 11.3. The second-order valence-corrected chi connectivity index (χ2v) is 6.95. The molecule has 0 aliphatic heterocycles. The number of hydrogen-bond donors (Lipinski definition) is 1. The average molecular weight is 416 g/mol. The predicted molar refractivity (Wildman–Crippen MR) is 90.5 cm³/mol. The highest BCUT2D eigenvalue weighted by Gasteiger charge is 2.43. The molecule has 2 rings (SSSR count). The van der Waals surface area contributed by atoms with Gasteiger partial charge in [0.25, 0.3) is 5.91 Å². The van der Waals surface area contributed by atoms with Crippen LogP contribution in [0.15, 0.2) is 22.7 Å². The number of benzene rings is 1. The van der Waals surface area contributed by atoms with Crippen molar-refractivity contribution in [3.63, 3.8) is 0 Å². The molecule has 0 unspecified atom stereocenters. The van der Waals surface area contributed by atoms with E-state index >= 15 is 0 Å². The van der Waals surface area contributed by atoms with E-state index < -0.39 is 24.0 Å². The zero-order valence-electron chi connectivity index (χ0n) is 13.0. The number of amides is 1. The number of hydrogen-bond acceptors (Lipinski definition) is 5. The largest absolute Gasteiger partial charge is 0.481 e. The summed E-state index contributed by atoms with van der Waals surface area (Å²) in [4.78, 5) is 23.5. The lowest BCUT2D eigenvalue weighted by atomic mass is 9.98. The van der Waals surface area contributed by atoms with Crippen LogP contribution in [-0.2, 0) is 14.3 Å². The van der Waals surface area contributed by atoms with Gasteiger partial charge in [-0.2, -0.15) is 5.26 Å². The molecule has 1 aromatic carbocycles. The normalized spacial score (nSPS) is 15.8. The second kappa shape index (κ2) is 7.86. The van der Waals surface area contributed by atoms with E-state index in [1.807, 2.05) is 0 Å². The summed E-state index contributed by atoms with van der Waals surface area (Å²) in [6.07, 6.45) is 1.82. The third-order valence-corrected chi connectivity index (χ3v) is 4.48. The van der Waals surface area contributed by atoms with E-state index in [9.17, 15) is 14.9 Å². The highest BCUT2D eigenvalue weighted by molar-refractivity contribution is 9.10. The highest BCUT2D eigenvalue weighted by atomic mass is 79.9. The molecule has 128 valence electrons. The third-order valence-electron chi connectivity index (χ3n) is 3.63. The lowest BCUT2D eigenvalue weighted by Gasteiger charge is -2.22. The minimum atomic E-state index is -0.909. The number of carbonyl (C=O) groups excluding carboxylic acids is 2. The molecule has 0 heterocycles. The van der Waals surface area contributed by atoms with Crippen LogP contribution in [0.1, 0.15) is 19.8 Å². The standard InChI is InChI=1S/C16H16BrClN2O4/c1-16(9-19,10-2-3-10)20-14(21)7-24-15(22)8-23-13-5-4-11(18)6-12(13)17/h4-6,10H,2-3,7-8H2,1H3,(H,20,21)/t16-/m0/s1. The van der Waals surface area contributed by atoms with Crippen molar-refractivity contribution in [1.82, 2.24) is 5.32 Å². The first-order valence-corrected chi connectivity index (χ1v) is 8.47. The van der Waals surface area contributed by atoms with Crippen LogP contribution in [-0.4, -0.2) is 30.6 Å². The molecule has 1 aliphatic rings. The lowest BCUT2D eigenvalue weighted by molar-refractivity contribution is -0.150. The number of halogens is 2. The quantitative estimate of drug-likeness (QED) is 0.692. The van der Waals surface area contributed by atoms with Gasteiger partial charge in [-0.15, -0.1) is 0 Å². The van der Waals surface area contributed by atoms with Gasteiger partial charge in [-0.05, 0) is 59.8 Å². The van der Waals surface area contributed by atoms with E-state index in [0.717, 1.165) is 12.8 Å². The highest BCUT2D eigenvalue weighted by Crippen LogP contribution is 2.39. The molecule has 6 nitrogen and oxygen atoms in total. The Balaban J connectivity index is 1.74. The molecule has 24 heavy (non-hydrogen) atoms. The van der Waals surface area contributed by atoms with E-state index in [2.05, 4.69) is 27.3 Å². The molecule has 0 spiro atoms. The zero-order chi connectivity index (χ0) is 17.7. The zero-order valence-corrected chi connectivity index (χ0v) is 15.3. The summed E-state index contributed by atoms with van der Waals surface area (Å²) in [6.45, 7) is 0.880. The van der Waals surface area contributed by atoms with Crippen molar-refractivity contribution in [3.05, 3.63) is 27.7 Å². The molecule has 1 atom stereocenters. The number of esters is 1. The van der Waals surface area contributed by atoms with Crippen molar-refractivity contribution in [1.29, 1.82) is 5.26 Å². The summed E-state index contributed by atoms with van der Waals surface area (Å²) in [6, 6.07) is 6.98. The van der Waals surface area contributed by atoms with Gasteiger partial charge in [-0.25, -0.2) is 4.79 Å². The number of nitrogens with one attached hydrogen (secondary N) is 1. The Bertz CT molecular complexity index is 687. The summed E-state index contributed by atoms with van der Waals surface area (Å²) >= 11 is 9.07. The molecule has 1 N–H and O–H groups in total. The topological polar surface area (TPSA) is 88.4 Å². The molecule has 0 radical (unpaired) electrons. The van der Waals surface area contributed by atoms with Crippen LogP contribution < -0.4 is 10.1 Å². The van der Waals surface area contributed by atoms with Crippen molar-refractivity contribution >= 4 is 39.4 Å². The van der Waals surface area contributed by atoms with Crippen LogP contribution in [0.3, 0.4) is 0 Å². The number of rotatable bonds is 7. The second-order valence-electron chi connectivity index (χ2n) is 5.66. The van der Waals surface area contributed by atoms with Crippen LogP contribution in [0.5, 0.6) is 5.75 Å². The maximum Gasteiger partial charge on any atom is 0.344 e. The van der Waals surface area contributed by atoms with Gasteiger partial charge < -0.3 is 14.8 Å². The Morgan fingerprint density at radius 1 is 1.46 bits per heavy atom. The van der Waals surface area contributed by atoms with Crippen LogP contribution in [0, 0.1) is 17.2 Å². The fourth-order valence-corrected chi connectivity index (χ4v) is 2.92. The fourth-order valence-electron chi connectivity index (χ4n) is 2.12. The van der Waals surface area contributed by atoms with Gasteiger partial charge in [0, 0.05) is 5.02 Å². The molecule has 1 fully saturated rings. The SMILES string of the molecule is C[C@@](C#N)(NC(=O)COC(=O)COc1ccc(Cl)cc1Br)C1CC1.